The van der Waals surface area contributed by atoms with Crippen LogP contribution in [-0.2, 0) is 4.74 Å². The predicted molar refractivity (Wildman–Crippen MR) is 70.0 cm³/mol. The van der Waals surface area contributed by atoms with Crippen molar-refractivity contribution in [2.45, 2.75) is 13.8 Å². The Balaban J connectivity index is 2.27. The minimum absolute atomic E-state index is 0.167. The zero-order valence-electron chi connectivity index (χ0n) is 10.8. The molecule has 18 heavy (non-hydrogen) atoms. The first-order valence-electron chi connectivity index (χ1n) is 5.92. The maximum Gasteiger partial charge on any atom is 0.252 e. The van der Waals surface area contributed by atoms with Crippen LogP contribution in [0.25, 0.3) is 0 Å². The number of anilines is 1. The van der Waals surface area contributed by atoms with Crippen LogP contribution >= 0.6 is 0 Å². The Morgan fingerprint density at radius 2 is 2.28 bits per heavy atom. The average molecular weight is 252 g/mol. The van der Waals surface area contributed by atoms with Gasteiger partial charge in [0.05, 0.1) is 12.2 Å². The van der Waals surface area contributed by atoms with Gasteiger partial charge in [-0.3, -0.25) is 4.79 Å². The van der Waals surface area contributed by atoms with E-state index in [1.54, 1.807) is 12.1 Å². The predicted octanol–water partition coefficient (Wildman–Crippen LogP) is 0.770. The average Bonchev–Trinajstić information content (AvgIpc) is 2.38. The highest BCUT2D eigenvalue weighted by Gasteiger charge is 2.05. The fourth-order valence-electron chi connectivity index (χ4n) is 1.27. The monoisotopic (exact) mass is 252 g/mol. The number of hydrogen-bond acceptors (Lipinski definition) is 5. The third-order valence-electron chi connectivity index (χ3n) is 2.16. The Labute approximate surface area is 107 Å². The first kappa shape index (κ1) is 14.4. The van der Waals surface area contributed by atoms with Crippen LogP contribution in [-0.4, -0.2) is 30.6 Å². The number of ether oxygens (including phenoxy) is 1. The van der Waals surface area contributed by atoms with E-state index in [-0.39, 0.29) is 5.91 Å². The van der Waals surface area contributed by atoms with Crippen LogP contribution in [0.1, 0.15) is 24.2 Å². The number of nitrogens with two attached hydrogens (primary N) is 1. The van der Waals surface area contributed by atoms with Gasteiger partial charge in [-0.15, -0.1) is 0 Å². The van der Waals surface area contributed by atoms with E-state index in [1.807, 2.05) is 0 Å². The quantitative estimate of drug-likeness (QED) is 0.379. The summed E-state index contributed by atoms with van der Waals surface area (Å²) in [6.07, 6.45) is 1.47. The van der Waals surface area contributed by atoms with Crippen molar-refractivity contribution in [3.8, 4) is 0 Å². The molecule has 1 aromatic heterocycles. The van der Waals surface area contributed by atoms with Crippen LogP contribution in [0.3, 0.4) is 0 Å². The number of rotatable bonds is 7. The van der Waals surface area contributed by atoms with Crippen molar-refractivity contribution < 1.29 is 9.53 Å². The van der Waals surface area contributed by atoms with Crippen molar-refractivity contribution in [3.63, 3.8) is 0 Å². The number of carbonyl (C=O) groups is 1. The second kappa shape index (κ2) is 7.62. The summed E-state index contributed by atoms with van der Waals surface area (Å²) in [5, 5.41) is 2.75. The van der Waals surface area contributed by atoms with Gasteiger partial charge in [0.1, 0.15) is 5.82 Å². The first-order valence-corrected chi connectivity index (χ1v) is 5.92. The fraction of sp³-hybridized carbons (Fsp3) is 0.500. The lowest BCUT2D eigenvalue weighted by Crippen LogP contribution is -2.27. The van der Waals surface area contributed by atoms with Crippen LogP contribution in [0.2, 0.25) is 0 Å². The van der Waals surface area contributed by atoms with E-state index in [0.717, 1.165) is 0 Å². The van der Waals surface area contributed by atoms with E-state index >= 15 is 0 Å². The minimum Gasteiger partial charge on any atom is -0.379 e. The summed E-state index contributed by atoms with van der Waals surface area (Å²) in [5.74, 6) is 6.04. The molecule has 100 valence electrons. The number of hydrazine groups is 1. The van der Waals surface area contributed by atoms with Crippen LogP contribution in [0.4, 0.5) is 5.82 Å². The highest BCUT2D eigenvalue weighted by molar-refractivity contribution is 5.93. The van der Waals surface area contributed by atoms with E-state index in [9.17, 15) is 4.79 Å². The number of carbonyl (C=O) groups excluding carboxylic acids is 1. The van der Waals surface area contributed by atoms with Gasteiger partial charge in [-0.2, -0.15) is 0 Å². The second-order valence-electron chi connectivity index (χ2n) is 4.30. The molecular weight excluding hydrogens is 232 g/mol. The number of nitrogen functional groups attached to an aromatic ring is 1. The summed E-state index contributed by atoms with van der Waals surface area (Å²) in [6.45, 7) is 5.87. The number of nitrogens with zero attached hydrogens (tertiary/aromatic N) is 1. The van der Waals surface area contributed by atoms with E-state index in [0.29, 0.717) is 37.1 Å². The summed E-state index contributed by atoms with van der Waals surface area (Å²) in [4.78, 5) is 15.6. The summed E-state index contributed by atoms with van der Waals surface area (Å²) in [6, 6.07) is 3.30. The molecule has 1 aromatic rings. The van der Waals surface area contributed by atoms with Gasteiger partial charge in [-0.05, 0) is 18.1 Å². The summed E-state index contributed by atoms with van der Waals surface area (Å²) in [7, 11) is 0. The van der Waals surface area contributed by atoms with Crippen molar-refractivity contribution in [3.05, 3.63) is 23.9 Å². The summed E-state index contributed by atoms with van der Waals surface area (Å²) in [5.41, 5.74) is 2.90. The van der Waals surface area contributed by atoms with E-state index in [2.05, 4.69) is 29.6 Å². The van der Waals surface area contributed by atoms with Gasteiger partial charge in [0.25, 0.3) is 5.91 Å². The number of nitrogens with one attached hydrogen (secondary N) is 2. The molecule has 6 nitrogen and oxygen atoms in total. The van der Waals surface area contributed by atoms with Crippen molar-refractivity contribution in [2.24, 2.45) is 11.8 Å². The molecule has 0 unspecified atom stereocenters. The maximum absolute atomic E-state index is 11.7. The van der Waals surface area contributed by atoms with E-state index in [1.165, 1.54) is 6.20 Å². The van der Waals surface area contributed by atoms with E-state index < -0.39 is 0 Å². The highest BCUT2D eigenvalue weighted by Crippen LogP contribution is 2.03. The van der Waals surface area contributed by atoms with Gasteiger partial charge in [-0.25, -0.2) is 10.8 Å². The Kier molecular flexibility index (Phi) is 6.10. The van der Waals surface area contributed by atoms with Crippen molar-refractivity contribution in [2.75, 3.05) is 25.2 Å². The SMILES string of the molecule is CC(C)COCCNC(=O)c1ccc(NN)nc1. The number of pyridine rings is 1. The molecule has 0 aromatic carbocycles. The van der Waals surface area contributed by atoms with Crippen LogP contribution in [0.5, 0.6) is 0 Å². The number of amides is 1. The second-order valence-corrected chi connectivity index (χ2v) is 4.30. The zero-order chi connectivity index (χ0) is 13.4. The molecule has 6 heteroatoms. The molecule has 0 aliphatic rings. The lowest BCUT2D eigenvalue weighted by Gasteiger charge is -2.08. The van der Waals surface area contributed by atoms with Crippen LogP contribution in [0, 0.1) is 5.92 Å². The summed E-state index contributed by atoms with van der Waals surface area (Å²) >= 11 is 0. The smallest absolute Gasteiger partial charge is 0.252 e. The lowest BCUT2D eigenvalue weighted by molar-refractivity contribution is 0.0886. The molecule has 0 saturated heterocycles. The van der Waals surface area contributed by atoms with Gasteiger partial charge in [-0.1, -0.05) is 13.8 Å². The maximum atomic E-state index is 11.7. The molecule has 0 aliphatic heterocycles. The molecular formula is C12H20N4O2. The van der Waals surface area contributed by atoms with Gasteiger partial charge in [0.2, 0.25) is 0 Å². The largest absolute Gasteiger partial charge is 0.379 e. The molecule has 0 saturated carbocycles. The molecule has 0 radical (unpaired) electrons. The van der Waals surface area contributed by atoms with Crippen molar-refractivity contribution in [1.29, 1.82) is 0 Å². The fourth-order valence-corrected chi connectivity index (χ4v) is 1.27. The number of aromatic nitrogens is 1. The van der Waals surface area contributed by atoms with Gasteiger partial charge in [0.15, 0.2) is 0 Å². The van der Waals surface area contributed by atoms with Gasteiger partial charge >= 0.3 is 0 Å². The molecule has 0 spiro atoms. The summed E-state index contributed by atoms with van der Waals surface area (Å²) < 4.78 is 5.36. The molecule has 0 bridgehead atoms. The standard InChI is InChI=1S/C12H20N4O2/c1-9(2)8-18-6-5-14-12(17)10-3-4-11(16-13)15-7-10/h3-4,7,9H,5-6,8,13H2,1-2H3,(H,14,17)(H,15,16). The molecule has 0 aliphatic carbocycles. The van der Waals surface area contributed by atoms with Crippen molar-refractivity contribution in [1.82, 2.24) is 10.3 Å². The molecule has 1 rings (SSSR count). The normalized spacial score (nSPS) is 10.4. The Hall–Kier alpha value is -1.66. The molecule has 0 fully saturated rings. The Morgan fingerprint density at radius 3 is 2.83 bits per heavy atom. The van der Waals surface area contributed by atoms with Crippen LogP contribution in [0.15, 0.2) is 18.3 Å². The van der Waals surface area contributed by atoms with Crippen molar-refractivity contribution >= 4 is 11.7 Å². The van der Waals surface area contributed by atoms with E-state index in [4.69, 9.17) is 10.6 Å². The molecule has 0 atom stereocenters. The minimum atomic E-state index is -0.167. The van der Waals surface area contributed by atoms with Crippen LogP contribution < -0.4 is 16.6 Å². The van der Waals surface area contributed by atoms with Gasteiger partial charge < -0.3 is 15.5 Å². The topological polar surface area (TPSA) is 89.3 Å². The first-order chi connectivity index (χ1) is 8.63. The highest BCUT2D eigenvalue weighted by atomic mass is 16.5. The molecule has 1 amide bonds. The Morgan fingerprint density at radius 1 is 1.50 bits per heavy atom. The third kappa shape index (κ3) is 5.11. The zero-order valence-corrected chi connectivity index (χ0v) is 10.8. The Bertz CT molecular complexity index is 365. The lowest BCUT2D eigenvalue weighted by atomic mass is 10.2. The van der Waals surface area contributed by atoms with Gasteiger partial charge in [0, 0.05) is 19.3 Å². The third-order valence-corrected chi connectivity index (χ3v) is 2.16. The molecule has 4 N–H and O–H groups in total. The number of hydrogen-bond donors (Lipinski definition) is 3. The molecule has 1 heterocycles.